The van der Waals surface area contributed by atoms with Crippen molar-refractivity contribution < 1.29 is 41.4 Å². The maximum Gasteiger partial charge on any atom is 0.416 e. The number of fused-ring (bicyclic) bond motifs is 2. The highest BCUT2D eigenvalue weighted by molar-refractivity contribution is 5.82. The van der Waals surface area contributed by atoms with Crippen LogP contribution in [-0.2, 0) is 26.9 Å². The van der Waals surface area contributed by atoms with Crippen LogP contribution in [0.5, 0.6) is 0 Å². The van der Waals surface area contributed by atoms with Crippen molar-refractivity contribution in [1.82, 2.24) is 14.8 Å². The second-order valence-corrected chi connectivity index (χ2v) is 13.8. The van der Waals surface area contributed by atoms with E-state index in [9.17, 15) is 37.1 Å². The summed E-state index contributed by atoms with van der Waals surface area (Å²) >= 11 is 0. The lowest BCUT2D eigenvalue weighted by molar-refractivity contribution is -0.139. The summed E-state index contributed by atoms with van der Waals surface area (Å²) < 4.78 is 79.2. The number of hydrogen-bond donors (Lipinski definition) is 2. The molecule has 13 heteroatoms. The number of aryl methyl sites for hydroxylation is 2. The molecule has 2 N–H and O–H groups in total. The van der Waals surface area contributed by atoms with Crippen molar-refractivity contribution in [1.29, 1.82) is 0 Å². The standard InChI is InChI=1S/C38H40F5N3O5/c1-6-23-12-25(35-21(4)10-26(39)11-22(35)5)13-29(36(23)40)31(16-34(48)49)44-37(50)32(9-20(2)3)46-17-24(30(15-33(46)47)38(41,42)43)7-8-45-18-28-14-27(45)19-51-28/h1,10-13,15,17,20,27-28,31-32H,7-9,14,16,18-19H2,2-5H3,(H,44,50)(H,48,49)/t27-,28-,31-,32+/m0/s1. The zero-order valence-electron chi connectivity index (χ0n) is 28.7. The number of carboxylic acids is 1. The van der Waals surface area contributed by atoms with Crippen LogP contribution in [0.1, 0.15) is 78.6 Å². The predicted molar refractivity (Wildman–Crippen MR) is 180 cm³/mol. The van der Waals surface area contributed by atoms with E-state index in [-0.39, 0.29) is 54.1 Å². The molecule has 0 saturated carbocycles. The summed E-state index contributed by atoms with van der Waals surface area (Å²) in [5.41, 5.74) is -0.910. The van der Waals surface area contributed by atoms with E-state index in [0.717, 1.165) is 17.2 Å². The number of nitrogens with zero attached hydrogens (tertiary/aromatic N) is 2. The van der Waals surface area contributed by atoms with E-state index in [1.807, 2.05) is 0 Å². The van der Waals surface area contributed by atoms with Crippen LogP contribution in [0.3, 0.4) is 0 Å². The van der Waals surface area contributed by atoms with Gasteiger partial charge in [-0.3, -0.25) is 19.3 Å². The fraction of sp³-hybridized carbons (Fsp3) is 0.447. The summed E-state index contributed by atoms with van der Waals surface area (Å²) in [6.07, 6.45) is 1.85. The highest BCUT2D eigenvalue weighted by Gasteiger charge is 2.40. The average molecular weight is 714 g/mol. The number of pyridine rings is 1. The van der Waals surface area contributed by atoms with E-state index in [0.29, 0.717) is 41.5 Å². The molecule has 8 nitrogen and oxygen atoms in total. The van der Waals surface area contributed by atoms with E-state index >= 15 is 4.39 Å². The number of hydrogen-bond acceptors (Lipinski definition) is 5. The molecular formula is C38H40F5N3O5. The van der Waals surface area contributed by atoms with Crippen LogP contribution in [0.25, 0.3) is 11.1 Å². The van der Waals surface area contributed by atoms with Gasteiger partial charge >= 0.3 is 12.1 Å². The monoisotopic (exact) mass is 713 g/mol. The summed E-state index contributed by atoms with van der Waals surface area (Å²) in [6, 6.07) is 3.00. The summed E-state index contributed by atoms with van der Waals surface area (Å²) in [4.78, 5) is 41.6. The number of benzene rings is 2. The molecule has 0 radical (unpaired) electrons. The molecule has 2 fully saturated rings. The Labute approximate surface area is 292 Å². The second-order valence-electron chi connectivity index (χ2n) is 13.8. The SMILES string of the molecule is C#Cc1cc(-c2c(C)cc(F)cc2C)cc([C@H](CC(=O)O)NC(=O)[C@@H](CC(C)C)n2cc(CCN3C[C@@H]4C[C@H]3CO4)c(C(F)(F)F)cc2=O)c1F. The minimum Gasteiger partial charge on any atom is -0.481 e. The number of aliphatic carboxylic acids is 1. The molecule has 3 heterocycles. The summed E-state index contributed by atoms with van der Waals surface area (Å²) in [6.45, 7) is 8.19. The third kappa shape index (κ3) is 8.34. The molecule has 3 aromatic rings. The Morgan fingerprint density at radius 2 is 1.80 bits per heavy atom. The van der Waals surface area contributed by atoms with E-state index in [2.05, 4.69) is 16.1 Å². The summed E-state index contributed by atoms with van der Waals surface area (Å²) in [5.74, 6) is -1.72. The Balaban J connectivity index is 1.54. The molecule has 272 valence electrons. The summed E-state index contributed by atoms with van der Waals surface area (Å²) in [7, 11) is 0. The largest absolute Gasteiger partial charge is 0.481 e. The molecular weight excluding hydrogens is 673 g/mol. The number of carbonyl (C=O) groups excluding carboxylic acids is 1. The molecule has 2 aliphatic rings. The molecule has 4 atom stereocenters. The lowest BCUT2D eigenvalue weighted by Gasteiger charge is -2.28. The number of carbonyl (C=O) groups is 2. The number of likely N-dealkylation sites (tertiary alicyclic amines) is 1. The first-order chi connectivity index (χ1) is 24.0. The molecule has 0 unspecified atom stereocenters. The number of nitrogens with one attached hydrogen (secondary N) is 1. The minimum atomic E-state index is -4.83. The Kier molecular flexibility index (Phi) is 11.1. The van der Waals surface area contributed by atoms with Crippen molar-refractivity contribution in [3.05, 3.63) is 91.9 Å². The number of alkyl halides is 3. The van der Waals surface area contributed by atoms with Gasteiger partial charge in [0.05, 0.1) is 36.3 Å². The van der Waals surface area contributed by atoms with Crippen LogP contribution >= 0.6 is 0 Å². The Morgan fingerprint density at radius 1 is 1.12 bits per heavy atom. The van der Waals surface area contributed by atoms with Crippen LogP contribution in [0.15, 0.2) is 41.3 Å². The lowest BCUT2D eigenvalue weighted by atomic mass is 9.90. The zero-order valence-corrected chi connectivity index (χ0v) is 28.7. The van der Waals surface area contributed by atoms with E-state index in [1.54, 1.807) is 27.7 Å². The van der Waals surface area contributed by atoms with Crippen LogP contribution in [-0.4, -0.2) is 58.3 Å². The van der Waals surface area contributed by atoms with Crippen LogP contribution in [0.4, 0.5) is 22.0 Å². The first-order valence-electron chi connectivity index (χ1n) is 16.7. The highest BCUT2D eigenvalue weighted by atomic mass is 19.4. The average Bonchev–Trinajstić information content (AvgIpc) is 3.66. The van der Waals surface area contributed by atoms with Gasteiger partial charge in [0.1, 0.15) is 17.7 Å². The second kappa shape index (κ2) is 15.0. The van der Waals surface area contributed by atoms with Crippen LogP contribution in [0, 0.1) is 43.7 Å². The van der Waals surface area contributed by atoms with Gasteiger partial charge < -0.3 is 19.7 Å². The van der Waals surface area contributed by atoms with Gasteiger partial charge in [0.2, 0.25) is 5.91 Å². The molecule has 2 aliphatic heterocycles. The number of halogens is 5. The Morgan fingerprint density at radius 3 is 2.35 bits per heavy atom. The van der Waals surface area contributed by atoms with Crippen molar-refractivity contribution in [3.8, 4) is 23.5 Å². The number of terminal acetylenes is 1. The van der Waals surface area contributed by atoms with Gasteiger partial charge in [0.25, 0.3) is 5.56 Å². The molecule has 2 bridgehead atoms. The van der Waals surface area contributed by atoms with E-state index in [4.69, 9.17) is 11.2 Å². The fourth-order valence-corrected chi connectivity index (χ4v) is 7.31. The van der Waals surface area contributed by atoms with Gasteiger partial charge in [-0.25, -0.2) is 8.78 Å². The van der Waals surface area contributed by atoms with Crippen LogP contribution < -0.4 is 10.9 Å². The molecule has 1 amide bonds. The third-order valence-electron chi connectivity index (χ3n) is 9.60. The van der Waals surface area contributed by atoms with Gasteiger partial charge in [0.15, 0.2) is 0 Å². The van der Waals surface area contributed by atoms with E-state index in [1.165, 1.54) is 24.3 Å². The Bertz CT molecular complexity index is 1910. The molecule has 0 aliphatic carbocycles. The van der Waals surface area contributed by atoms with Gasteiger partial charge in [-0.1, -0.05) is 19.8 Å². The molecule has 51 heavy (non-hydrogen) atoms. The maximum absolute atomic E-state index is 15.9. The van der Waals surface area contributed by atoms with Crippen molar-refractivity contribution in [2.75, 3.05) is 19.7 Å². The third-order valence-corrected chi connectivity index (χ3v) is 9.60. The zero-order chi connectivity index (χ0) is 37.4. The molecule has 0 spiro atoms. The number of ether oxygens (including phenoxy) is 1. The van der Waals surface area contributed by atoms with Gasteiger partial charge in [-0.15, -0.1) is 6.42 Å². The number of aromatic nitrogens is 1. The van der Waals surface area contributed by atoms with Gasteiger partial charge in [-0.2, -0.15) is 13.2 Å². The molecule has 1 aromatic heterocycles. The normalized spacial score (nSPS) is 18.5. The summed E-state index contributed by atoms with van der Waals surface area (Å²) in [5, 5.41) is 12.4. The number of morpholine rings is 1. The highest BCUT2D eigenvalue weighted by Crippen LogP contribution is 2.36. The number of amides is 1. The minimum absolute atomic E-state index is 0.00432. The molecule has 2 aromatic carbocycles. The first kappa shape index (κ1) is 37.7. The Hall–Kier alpha value is -4.54. The van der Waals surface area contributed by atoms with Crippen molar-refractivity contribution in [2.24, 2.45) is 5.92 Å². The lowest BCUT2D eigenvalue weighted by Crippen LogP contribution is -2.41. The first-order valence-corrected chi connectivity index (χ1v) is 16.7. The smallest absolute Gasteiger partial charge is 0.416 e. The fourth-order valence-electron chi connectivity index (χ4n) is 7.31. The van der Waals surface area contributed by atoms with Crippen LogP contribution in [0.2, 0.25) is 0 Å². The van der Waals surface area contributed by atoms with Crippen molar-refractivity contribution >= 4 is 11.9 Å². The van der Waals surface area contributed by atoms with Gasteiger partial charge in [-0.05, 0) is 91.1 Å². The quantitative estimate of drug-likeness (QED) is 0.168. The van der Waals surface area contributed by atoms with E-state index < -0.39 is 59.3 Å². The number of carboxylic acid groups (broad SMARTS) is 1. The maximum atomic E-state index is 15.9. The predicted octanol–water partition coefficient (Wildman–Crippen LogP) is 6.35. The molecule has 2 saturated heterocycles. The van der Waals surface area contributed by atoms with Crippen molar-refractivity contribution in [2.45, 2.75) is 83.8 Å². The van der Waals surface area contributed by atoms with Gasteiger partial charge in [0, 0.05) is 37.0 Å². The topological polar surface area (TPSA) is 101 Å². The molecule has 5 rings (SSSR count). The number of rotatable bonds is 12. The van der Waals surface area contributed by atoms with Crippen molar-refractivity contribution in [3.63, 3.8) is 0 Å².